The molecule has 0 saturated carbocycles. The van der Waals surface area contributed by atoms with Crippen LogP contribution in [0.1, 0.15) is 57.8 Å². The van der Waals surface area contributed by atoms with Crippen molar-refractivity contribution < 1.29 is 4.79 Å². The molecular formula is C29H49N7O. The molecule has 0 radical (unpaired) electrons. The Balaban J connectivity index is 1.69. The smallest absolute Gasteiger partial charge is 0.251 e. The largest absolute Gasteiger partial charge is 0.369 e. The molecule has 0 aliphatic carbocycles. The summed E-state index contributed by atoms with van der Waals surface area (Å²) in [6.07, 6.45) is 1.95. The summed E-state index contributed by atoms with van der Waals surface area (Å²) in [5.41, 5.74) is 1.99. The quantitative estimate of drug-likeness (QED) is 0.500. The predicted octanol–water partition coefficient (Wildman–Crippen LogP) is 3.03. The highest BCUT2D eigenvalue weighted by Crippen LogP contribution is 2.25. The molecule has 206 valence electrons. The lowest BCUT2D eigenvalue weighted by Gasteiger charge is -2.50. The number of hydrogen-bond donors (Lipinski definition) is 2. The first kappa shape index (κ1) is 29.4. The van der Waals surface area contributed by atoms with Crippen LogP contribution in [0.25, 0.3) is 0 Å². The van der Waals surface area contributed by atoms with E-state index in [-0.39, 0.29) is 29.6 Å². The van der Waals surface area contributed by atoms with E-state index in [0.29, 0.717) is 12.1 Å². The number of hydrogen-bond acceptors (Lipinski definition) is 7. The van der Waals surface area contributed by atoms with E-state index >= 15 is 0 Å². The minimum absolute atomic E-state index is 0.0339. The van der Waals surface area contributed by atoms with Crippen LogP contribution < -0.4 is 15.5 Å². The molecule has 0 aromatic heterocycles. The fourth-order valence-electron chi connectivity index (χ4n) is 5.32. The van der Waals surface area contributed by atoms with Crippen molar-refractivity contribution in [1.82, 2.24) is 25.3 Å². The average molecular weight is 512 g/mol. The maximum Gasteiger partial charge on any atom is 0.251 e. The van der Waals surface area contributed by atoms with Crippen LogP contribution >= 0.6 is 0 Å². The topological polar surface area (TPSA) is 77.9 Å². The molecule has 3 atom stereocenters. The number of carbonyl (C=O) groups excluding carboxylic acids is 1. The number of nitriles is 1. The average Bonchev–Trinajstić information content (AvgIpc) is 2.89. The molecule has 2 aliphatic heterocycles. The van der Waals surface area contributed by atoms with E-state index < -0.39 is 0 Å². The fourth-order valence-corrected chi connectivity index (χ4v) is 5.32. The normalized spacial score (nSPS) is 24.1. The van der Waals surface area contributed by atoms with Crippen molar-refractivity contribution in [3.63, 3.8) is 0 Å². The van der Waals surface area contributed by atoms with E-state index in [1.165, 1.54) is 5.69 Å². The zero-order chi connectivity index (χ0) is 27.0. The van der Waals surface area contributed by atoms with Gasteiger partial charge in [-0.3, -0.25) is 14.6 Å². The molecule has 37 heavy (non-hydrogen) atoms. The highest BCUT2D eigenvalue weighted by molar-refractivity contribution is 5.94. The molecule has 3 unspecified atom stereocenters. The molecule has 2 N–H and O–H groups in total. The first-order chi connectivity index (χ1) is 17.7. The molecule has 0 spiro atoms. The van der Waals surface area contributed by atoms with Gasteiger partial charge in [0.15, 0.2) is 6.17 Å². The van der Waals surface area contributed by atoms with Crippen molar-refractivity contribution in [2.45, 2.75) is 59.8 Å². The Hall–Kier alpha value is -2.18. The van der Waals surface area contributed by atoms with Gasteiger partial charge in [-0.05, 0) is 49.7 Å². The van der Waals surface area contributed by atoms with Crippen LogP contribution in [0.15, 0.2) is 24.3 Å². The molecule has 1 aromatic carbocycles. The van der Waals surface area contributed by atoms with E-state index in [1.807, 2.05) is 12.1 Å². The number of nitrogens with zero attached hydrogens (tertiary/aromatic N) is 5. The number of piperazine rings is 1. The summed E-state index contributed by atoms with van der Waals surface area (Å²) in [6.45, 7) is 19.0. The van der Waals surface area contributed by atoms with Gasteiger partial charge in [0.05, 0.1) is 12.2 Å². The number of nitrogens with one attached hydrogen (secondary N) is 2. The van der Waals surface area contributed by atoms with Crippen molar-refractivity contribution >= 4 is 11.6 Å². The van der Waals surface area contributed by atoms with Crippen LogP contribution in [0.2, 0.25) is 0 Å². The molecule has 8 heteroatoms. The second-order valence-electron chi connectivity index (χ2n) is 11.9. The Morgan fingerprint density at radius 3 is 2.35 bits per heavy atom. The number of amides is 1. The number of anilines is 1. The molecule has 2 fully saturated rings. The van der Waals surface area contributed by atoms with Crippen molar-refractivity contribution in [1.29, 1.82) is 5.26 Å². The van der Waals surface area contributed by atoms with E-state index in [1.54, 1.807) is 0 Å². The van der Waals surface area contributed by atoms with Crippen LogP contribution in [0.5, 0.6) is 0 Å². The first-order valence-corrected chi connectivity index (χ1v) is 14.1. The van der Waals surface area contributed by atoms with Gasteiger partial charge in [0.1, 0.15) is 0 Å². The molecule has 2 saturated heterocycles. The molecule has 2 heterocycles. The summed E-state index contributed by atoms with van der Waals surface area (Å²) < 4.78 is 0. The van der Waals surface area contributed by atoms with E-state index in [9.17, 15) is 10.1 Å². The second-order valence-corrected chi connectivity index (χ2v) is 11.9. The summed E-state index contributed by atoms with van der Waals surface area (Å²) in [7, 11) is 2.16. The van der Waals surface area contributed by atoms with E-state index in [0.717, 1.165) is 65.2 Å². The van der Waals surface area contributed by atoms with Gasteiger partial charge < -0.3 is 20.4 Å². The maximum atomic E-state index is 13.1. The second kappa shape index (κ2) is 13.6. The number of benzene rings is 1. The Morgan fingerprint density at radius 1 is 1.11 bits per heavy atom. The van der Waals surface area contributed by atoms with Crippen LogP contribution in [0.4, 0.5) is 5.69 Å². The highest BCUT2D eigenvalue weighted by atomic mass is 16.1. The van der Waals surface area contributed by atoms with Gasteiger partial charge in [-0.25, -0.2) is 0 Å². The van der Waals surface area contributed by atoms with Gasteiger partial charge in [-0.15, -0.1) is 0 Å². The van der Waals surface area contributed by atoms with Crippen LogP contribution in [0, 0.1) is 22.7 Å². The summed E-state index contributed by atoms with van der Waals surface area (Å²) >= 11 is 0. The fraction of sp³-hybridized carbons (Fsp3) is 0.724. The zero-order valence-corrected chi connectivity index (χ0v) is 24.0. The molecular weight excluding hydrogens is 462 g/mol. The third kappa shape index (κ3) is 8.15. The van der Waals surface area contributed by atoms with Crippen molar-refractivity contribution in [3.8, 4) is 6.07 Å². The van der Waals surface area contributed by atoms with E-state index in [4.69, 9.17) is 0 Å². The number of unbranched alkanes of at least 4 members (excludes halogenated alkanes) is 1. The lowest BCUT2D eigenvalue weighted by Crippen LogP contribution is -2.67. The minimum Gasteiger partial charge on any atom is -0.369 e. The Labute approximate surface area is 225 Å². The Bertz CT molecular complexity index is 883. The summed E-state index contributed by atoms with van der Waals surface area (Å²) in [4.78, 5) is 22.4. The van der Waals surface area contributed by atoms with Gasteiger partial charge in [0.2, 0.25) is 0 Å². The zero-order valence-electron chi connectivity index (χ0n) is 24.0. The monoisotopic (exact) mass is 511 g/mol. The summed E-state index contributed by atoms with van der Waals surface area (Å²) in [5, 5.41) is 17.0. The van der Waals surface area contributed by atoms with Crippen LogP contribution in [0.3, 0.4) is 0 Å². The first-order valence-electron chi connectivity index (χ1n) is 14.1. The Kier molecular flexibility index (Phi) is 10.8. The lowest BCUT2D eigenvalue weighted by molar-refractivity contribution is -0.0510. The third-order valence-electron chi connectivity index (χ3n) is 7.58. The highest BCUT2D eigenvalue weighted by Gasteiger charge is 2.41. The Morgan fingerprint density at radius 2 is 1.78 bits per heavy atom. The number of likely N-dealkylation sites (N-methyl/N-ethyl adjacent to an activating group) is 1. The molecule has 8 nitrogen and oxygen atoms in total. The van der Waals surface area contributed by atoms with E-state index in [2.05, 4.69) is 90.1 Å². The molecule has 0 bridgehead atoms. The molecule has 1 aromatic rings. The van der Waals surface area contributed by atoms with Gasteiger partial charge in [0.25, 0.3) is 5.91 Å². The maximum absolute atomic E-state index is 13.1. The van der Waals surface area contributed by atoms with Gasteiger partial charge in [-0.1, -0.05) is 41.0 Å². The molecule has 3 rings (SSSR count). The molecule has 1 amide bonds. The summed E-state index contributed by atoms with van der Waals surface area (Å²) in [5.74, 6) is 0.141. The van der Waals surface area contributed by atoms with Crippen LogP contribution in [-0.4, -0.2) is 98.9 Å². The minimum atomic E-state index is -0.247. The summed E-state index contributed by atoms with van der Waals surface area (Å²) in [6, 6.07) is 10.6. The van der Waals surface area contributed by atoms with Crippen LogP contribution in [-0.2, 0) is 0 Å². The number of carbonyl (C=O) groups is 1. The van der Waals surface area contributed by atoms with Gasteiger partial charge >= 0.3 is 0 Å². The predicted molar refractivity (Wildman–Crippen MR) is 151 cm³/mol. The third-order valence-corrected chi connectivity index (χ3v) is 7.58. The molecule has 2 aliphatic rings. The number of rotatable bonds is 10. The standard InChI is InChI=1S/C29H49N7O/c1-7-9-14-35-21-24(27(32-22-29(3,4)5)36(8-2)26(35)19-30)20-31-28(37)23-10-12-25(13-11-23)34-17-15-33(6)16-18-34/h10-13,24,26-27,32H,7-9,14-18,20-22H2,1-6H3,(H,31,37). The van der Waals surface area contributed by atoms with Crippen molar-refractivity contribution in [2.75, 3.05) is 70.9 Å². The van der Waals surface area contributed by atoms with Crippen molar-refractivity contribution in [3.05, 3.63) is 29.8 Å². The van der Waals surface area contributed by atoms with Crippen molar-refractivity contribution in [2.24, 2.45) is 11.3 Å². The van der Waals surface area contributed by atoms with Gasteiger partial charge in [0, 0.05) is 69.5 Å². The lowest BCUT2D eigenvalue weighted by atomic mass is 9.94. The van der Waals surface area contributed by atoms with Gasteiger partial charge in [-0.2, -0.15) is 5.26 Å². The SMILES string of the molecule is CCCCN1CC(CNC(=O)c2ccc(N3CCN(C)CC3)cc2)C(NCC(C)(C)C)N(CC)C1C#N.